The Labute approximate surface area is 131 Å². The monoisotopic (exact) mass is 329 g/mol. The molecule has 1 aliphatic heterocycles. The van der Waals surface area contributed by atoms with Gasteiger partial charge < -0.3 is 15.0 Å². The van der Waals surface area contributed by atoms with E-state index in [1.165, 1.54) is 29.2 Å². The van der Waals surface area contributed by atoms with Crippen LogP contribution in [-0.2, 0) is 0 Å². The lowest BCUT2D eigenvalue weighted by molar-refractivity contribution is -0.384. The fourth-order valence-corrected chi connectivity index (χ4v) is 2.29. The molecule has 0 aromatic heterocycles. The molecular weight excluding hydrogens is 312 g/mol. The summed E-state index contributed by atoms with van der Waals surface area (Å²) >= 11 is 0. The van der Waals surface area contributed by atoms with Crippen molar-refractivity contribution in [2.75, 3.05) is 19.6 Å². The third kappa shape index (κ3) is 5.04. The fraction of sp³-hybridized carbons (Fsp3) is 0.500. The van der Waals surface area contributed by atoms with E-state index >= 15 is 0 Å². The summed E-state index contributed by atoms with van der Waals surface area (Å²) in [6.07, 6.45) is -1.55. The summed E-state index contributed by atoms with van der Waals surface area (Å²) in [4.78, 5) is 23.2. The number of nitrogens with one attached hydrogen (secondary N) is 1. The number of nitro benzene ring substituents is 1. The van der Waals surface area contributed by atoms with E-state index in [1.54, 1.807) is 0 Å². The number of urea groups is 1. The molecule has 2 amide bonds. The molecule has 1 saturated heterocycles. The number of nitro groups is 1. The van der Waals surface area contributed by atoms with Crippen molar-refractivity contribution in [3.8, 4) is 5.75 Å². The fourth-order valence-electron chi connectivity index (χ4n) is 2.29. The maximum absolute atomic E-state index is 12.0. The zero-order chi connectivity index (χ0) is 16.8. The summed E-state index contributed by atoms with van der Waals surface area (Å²) in [6, 6.07) is 5.28. The first-order valence-electron chi connectivity index (χ1n) is 7.17. The normalized spacial score (nSPS) is 15.5. The largest absolute Gasteiger partial charge is 0.490 e. The maximum atomic E-state index is 12.0. The molecular formula is C14H17F2N3O4. The van der Waals surface area contributed by atoms with Crippen LogP contribution in [0.1, 0.15) is 12.8 Å². The molecule has 1 aromatic rings. The highest BCUT2D eigenvalue weighted by atomic mass is 19.3. The highest BCUT2D eigenvalue weighted by molar-refractivity contribution is 5.74. The third-order valence-corrected chi connectivity index (χ3v) is 3.49. The van der Waals surface area contributed by atoms with Gasteiger partial charge in [0.05, 0.1) is 11.5 Å². The number of hydrogen-bond acceptors (Lipinski definition) is 4. The molecule has 1 aliphatic rings. The van der Waals surface area contributed by atoms with Gasteiger partial charge in [0.2, 0.25) is 0 Å². The molecule has 1 heterocycles. The Morgan fingerprint density at radius 1 is 1.35 bits per heavy atom. The molecule has 0 saturated carbocycles. The van der Waals surface area contributed by atoms with E-state index in [0.717, 1.165) is 0 Å². The minimum Gasteiger partial charge on any atom is -0.490 e. The lowest BCUT2D eigenvalue weighted by Gasteiger charge is -2.32. The van der Waals surface area contributed by atoms with Crippen molar-refractivity contribution in [3.63, 3.8) is 0 Å². The molecule has 7 nitrogen and oxygen atoms in total. The zero-order valence-corrected chi connectivity index (χ0v) is 12.3. The Kier molecular flexibility index (Phi) is 5.67. The highest BCUT2D eigenvalue weighted by Gasteiger charge is 2.24. The maximum Gasteiger partial charge on any atom is 0.317 e. The van der Waals surface area contributed by atoms with E-state index in [1.807, 2.05) is 0 Å². The minimum absolute atomic E-state index is 0.0112. The van der Waals surface area contributed by atoms with Gasteiger partial charge in [0, 0.05) is 38.1 Å². The predicted octanol–water partition coefficient (Wildman–Crippen LogP) is 2.41. The van der Waals surface area contributed by atoms with Crippen LogP contribution in [-0.4, -0.2) is 48.0 Å². The van der Waals surface area contributed by atoms with Crippen LogP contribution >= 0.6 is 0 Å². The van der Waals surface area contributed by atoms with Crippen LogP contribution < -0.4 is 10.1 Å². The van der Waals surface area contributed by atoms with Crippen molar-refractivity contribution in [3.05, 3.63) is 34.4 Å². The number of rotatable bonds is 5. The Morgan fingerprint density at radius 3 is 2.48 bits per heavy atom. The van der Waals surface area contributed by atoms with Gasteiger partial charge in [0.1, 0.15) is 11.9 Å². The number of amides is 2. The van der Waals surface area contributed by atoms with Crippen molar-refractivity contribution >= 4 is 11.7 Å². The number of carbonyl (C=O) groups excluding carboxylic acids is 1. The summed E-state index contributed by atoms with van der Waals surface area (Å²) in [6.45, 7) is 0.164. The topological polar surface area (TPSA) is 84.7 Å². The van der Waals surface area contributed by atoms with Gasteiger partial charge in [-0.25, -0.2) is 13.6 Å². The van der Waals surface area contributed by atoms with Crippen molar-refractivity contribution in [2.45, 2.75) is 25.4 Å². The average Bonchev–Trinajstić information content (AvgIpc) is 2.54. The number of piperidine rings is 1. The first-order chi connectivity index (χ1) is 11.0. The molecule has 9 heteroatoms. The molecule has 0 aliphatic carbocycles. The van der Waals surface area contributed by atoms with Crippen molar-refractivity contribution in [1.82, 2.24) is 10.2 Å². The Balaban J connectivity index is 1.78. The van der Waals surface area contributed by atoms with Gasteiger partial charge in [0.15, 0.2) is 0 Å². The van der Waals surface area contributed by atoms with Crippen LogP contribution in [0.3, 0.4) is 0 Å². The van der Waals surface area contributed by atoms with Gasteiger partial charge in [-0.1, -0.05) is 0 Å². The Morgan fingerprint density at radius 2 is 1.96 bits per heavy atom. The summed E-state index contributed by atoms with van der Waals surface area (Å²) < 4.78 is 29.8. The number of ether oxygens (including phenoxy) is 1. The summed E-state index contributed by atoms with van der Waals surface area (Å²) in [5, 5.41) is 12.7. The summed E-state index contributed by atoms with van der Waals surface area (Å²) in [5.74, 6) is 0.524. The molecule has 0 spiro atoms. The summed E-state index contributed by atoms with van der Waals surface area (Å²) in [5.41, 5.74) is -0.0112. The van der Waals surface area contributed by atoms with Gasteiger partial charge in [-0.3, -0.25) is 10.1 Å². The average molecular weight is 329 g/mol. The van der Waals surface area contributed by atoms with E-state index in [2.05, 4.69) is 5.32 Å². The smallest absolute Gasteiger partial charge is 0.317 e. The lowest BCUT2D eigenvalue weighted by atomic mass is 10.1. The highest BCUT2D eigenvalue weighted by Crippen LogP contribution is 2.22. The number of likely N-dealkylation sites (tertiary alicyclic amines) is 1. The van der Waals surface area contributed by atoms with Crippen LogP contribution in [0.25, 0.3) is 0 Å². The predicted molar refractivity (Wildman–Crippen MR) is 77.7 cm³/mol. The SMILES string of the molecule is O=C(NCC(F)F)N1CCC(Oc2ccc([N+](=O)[O-])cc2)CC1. The van der Waals surface area contributed by atoms with Crippen molar-refractivity contribution < 1.29 is 23.2 Å². The van der Waals surface area contributed by atoms with Gasteiger partial charge in [-0.05, 0) is 12.1 Å². The summed E-state index contributed by atoms with van der Waals surface area (Å²) in [7, 11) is 0. The van der Waals surface area contributed by atoms with Gasteiger partial charge in [0.25, 0.3) is 12.1 Å². The molecule has 126 valence electrons. The second-order valence-electron chi connectivity index (χ2n) is 5.13. The first-order valence-corrected chi connectivity index (χ1v) is 7.17. The Hall–Kier alpha value is -2.45. The van der Waals surface area contributed by atoms with E-state index in [4.69, 9.17) is 4.74 Å². The van der Waals surface area contributed by atoms with E-state index < -0.39 is 23.9 Å². The molecule has 0 atom stereocenters. The number of alkyl halides is 2. The van der Waals surface area contributed by atoms with Gasteiger partial charge in [-0.15, -0.1) is 0 Å². The van der Waals surface area contributed by atoms with E-state index in [-0.39, 0.29) is 11.8 Å². The Bertz CT molecular complexity index is 545. The third-order valence-electron chi connectivity index (χ3n) is 3.49. The van der Waals surface area contributed by atoms with Crippen LogP contribution in [0, 0.1) is 10.1 Å². The first kappa shape index (κ1) is 16.9. The zero-order valence-electron chi connectivity index (χ0n) is 12.3. The molecule has 0 bridgehead atoms. The second kappa shape index (κ2) is 7.70. The van der Waals surface area contributed by atoms with Crippen LogP contribution in [0.5, 0.6) is 5.75 Å². The molecule has 23 heavy (non-hydrogen) atoms. The quantitative estimate of drug-likeness (QED) is 0.664. The molecule has 1 aromatic carbocycles. The molecule has 1 fully saturated rings. The van der Waals surface area contributed by atoms with Crippen molar-refractivity contribution in [2.24, 2.45) is 0 Å². The molecule has 1 N–H and O–H groups in total. The number of hydrogen-bond donors (Lipinski definition) is 1. The second-order valence-corrected chi connectivity index (χ2v) is 5.13. The van der Waals surface area contributed by atoms with E-state index in [9.17, 15) is 23.7 Å². The van der Waals surface area contributed by atoms with E-state index in [0.29, 0.717) is 31.7 Å². The number of carbonyl (C=O) groups is 1. The van der Waals surface area contributed by atoms with Gasteiger partial charge >= 0.3 is 6.03 Å². The van der Waals surface area contributed by atoms with Crippen LogP contribution in [0.2, 0.25) is 0 Å². The molecule has 0 unspecified atom stereocenters. The minimum atomic E-state index is -2.57. The van der Waals surface area contributed by atoms with Crippen LogP contribution in [0.4, 0.5) is 19.3 Å². The van der Waals surface area contributed by atoms with Crippen molar-refractivity contribution in [1.29, 1.82) is 0 Å². The number of halogens is 2. The molecule has 0 radical (unpaired) electrons. The van der Waals surface area contributed by atoms with Gasteiger partial charge in [-0.2, -0.15) is 0 Å². The molecule has 2 rings (SSSR count). The van der Waals surface area contributed by atoms with Crippen LogP contribution in [0.15, 0.2) is 24.3 Å². The number of nitrogens with zero attached hydrogens (tertiary/aromatic N) is 2. The number of non-ortho nitro benzene ring substituents is 1. The lowest BCUT2D eigenvalue weighted by Crippen LogP contribution is -2.47. The number of benzene rings is 1. The standard InChI is InChI=1S/C14H17F2N3O4/c15-13(16)9-17-14(20)18-7-5-12(6-8-18)23-11-3-1-10(2-4-11)19(21)22/h1-4,12-13H,5-9H2,(H,17,20).